The second kappa shape index (κ2) is 6.06. The molecule has 2 aromatic rings. The van der Waals surface area contributed by atoms with E-state index in [2.05, 4.69) is 49.4 Å². The Morgan fingerprint density at radius 2 is 1.67 bits per heavy atom. The summed E-state index contributed by atoms with van der Waals surface area (Å²) in [4.78, 5) is 0. The zero-order valence-corrected chi connectivity index (χ0v) is 10.9. The molecule has 2 aromatic carbocycles. The van der Waals surface area contributed by atoms with Gasteiger partial charge in [-0.3, -0.25) is 0 Å². The van der Waals surface area contributed by atoms with Crippen LogP contribution in [0.15, 0.2) is 54.6 Å². The summed E-state index contributed by atoms with van der Waals surface area (Å²) in [7, 11) is 1.69. The summed E-state index contributed by atoms with van der Waals surface area (Å²) in [6, 6.07) is 18.6. The minimum Gasteiger partial charge on any atom is -0.497 e. The molecule has 0 atom stereocenters. The van der Waals surface area contributed by atoms with Gasteiger partial charge in [0.25, 0.3) is 0 Å². The van der Waals surface area contributed by atoms with Gasteiger partial charge in [-0.1, -0.05) is 55.5 Å². The van der Waals surface area contributed by atoms with Gasteiger partial charge in [-0.15, -0.1) is 0 Å². The van der Waals surface area contributed by atoms with E-state index in [1.807, 2.05) is 18.2 Å². The van der Waals surface area contributed by atoms with Crippen LogP contribution in [-0.2, 0) is 0 Å². The van der Waals surface area contributed by atoms with Crippen LogP contribution < -0.4 is 4.74 Å². The third-order valence-corrected chi connectivity index (χ3v) is 2.98. The van der Waals surface area contributed by atoms with E-state index in [4.69, 9.17) is 4.74 Å². The van der Waals surface area contributed by atoms with Crippen molar-refractivity contribution in [2.24, 2.45) is 0 Å². The molecule has 0 N–H and O–H groups in total. The lowest BCUT2D eigenvalue weighted by atomic mass is 10.0. The average Bonchev–Trinajstić information content (AvgIpc) is 2.46. The second-order valence-corrected chi connectivity index (χ2v) is 4.16. The highest BCUT2D eigenvalue weighted by Gasteiger charge is 2.00. The smallest absolute Gasteiger partial charge is 0.118 e. The Hall–Kier alpha value is -2.02. The van der Waals surface area contributed by atoms with E-state index in [9.17, 15) is 0 Å². The standard InChI is InChI=1S/C17H18O/c1-3-15(13-14-7-5-4-6-8-14)16-9-11-17(18-2)12-10-16/h4-13H,3H2,1-2H3/b15-13+. The number of methoxy groups -OCH3 is 1. The zero-order chi connectivity index (χ0) is 12.8. The van der Waals surface area contributed by atoms with Gasteiger partial charge in [0.15, 0.2) is 0 Å². The van der Waals surface area contributed by atoms with Crippen LogP contribution in [0.1, 0.15) is 24.5 Å². The SMILES string of the molecule is CC/C(=C\c1ccccc1)c1ccc(OC)cc1. The van der Waals surface area contributed by atoms with Crippen molar-refractivity contribution in [2.45, 2.75) is 13.3 Å². The molecule has 0 fully saturated rings. The van der Waals surface area contributed by atoms with Crippen LogP contribution >= 0.6 is 0 Å². The van der Waals surface area contributed by atoms with Crippen LogP contribution in [0.25, 0.3) is 11.6 Å². The number of allylic oxidation sites excluding steroid dienone is 1. The van der Waals surface area contributed by atoms with E-state index in [0.29, 0.717) is 0 Å². The molecular weight excluding hydrogens is 220 g/mol. The van der Waals surface area contributed by atoms with Gasteiger partial charge in [0, 0.05) is 0 Å². The van der Waals surface area contributed by atoms with Crippen molar-refractivity contribution in [1.29, 1.82) is 0 Å². The molecule has 0 radical (unpaired) electrons. The first-order valence-corrected chi connectivity index (χ1v) is 6.23. The Bertz CT molecular complexity index is 509. The normalized spacial score (nSPS) is 11.3. The number of hydrogen-bond acceptors (Lipinski definition) is 1. The van der Waals surface area contributed by atoms with Gasteiger partial charge in [0.2, 0.25) is 0 Å². The maximum absolute atomic E-state index is 5.18. The molecule has 0 aliphatic rings. The van der Waals surface area contributed by atoms with E-state index in [1.165, 1.54) is 16.7 Å². The topological polar surface area (TPSA) is 9.23 Å². The first kappa shape index (κ1) is 12.4. The van der Waals surface area contributed by atoms with Gasteiger partial charge in [-0.2, -0.15) is 0 Å². The highest BCUT2D eigenvalue weighted by molar-refractivity contribution is 5.81. The molecule has 0 aliphatic heterocycles. The lowest BCUT2D eigenvalue weighted by Gasteiger charge is -2.07. The van der Waals surface area contributed by atoms with E-state index < -0.39 is 0 Å². The monoisotopic (exact) mass is 238 g/mol. The Balaban J connectivity index is 2.30. The van der Waals surface area contributed by atoms with Crippen molar-refractivity contribution in [3.05, 3.63) is 65.7 Å². The van der Waals surface area contributed by atoms with Crippen LogP contribution in [0.2, 0.25) is 0 Å². The van der Waals surface area contributed by atoms with Crippen LogP contribution in [0.3, 0.4) is 0 Å². The second-order valence-electron chi connectivity index (χ2n) is 4.16. The molecule has 18 heavy (non-hydrogen) atoms. The lowest BCUT2D eigenvalue weighted by molar-refractivity contribution is 0.415. The van der Waals surface area contributed by atoms with Crippen LogP contribution in [0, 0.1) is 0 Å². The van der Waals surface area contributed by atoms with Gasteiger partial charge in [0.1, 0.15) is 5.75 Å². The van der Waals surface area contributed by atoms with E-state index in [0.717, 1.165) is 12.2 Å². The molecule has 1 nitrogen and oxygen atoms in total. The summed E-state index contributed by atoms with van der Waals surface area (Å²) < 4.78 is 5.18. The van der Waals surface area contributed by atoms with Gasteiger partial charge >= 0.3 is 0 Å². The van der Waals surface area contributed by atoms with Gasteiger partial charge < -0.3 is 4.74 Å². The molecule has 2 rings (SSSR count). The fourth-order valence-corrected chi connectivity index (χ4v) is 1.95. The maximum Gasteiger partial charge on any atom is 0.118 e. The molecule has 1 heteroatoms. The molecule has 0 saturated carbocycles. The zero-order valence-electron chi connectivity index (χ0n) is 10.9. The van der Waals surface area contributed by atoms with Crippen molar-refractivity contribution in [2.75, 3.05) is 7.11 Å². The van der Waals surface area contributed by atoms with E-state index >= 15 is 0 Å². The highest BCUT2D eigenvalue weighted by Crippen LogP contribution is 2.23. The molecule has 92 valence electrons. The third kappa shape index (κ3) is 3.01. The average molecular weight is 238 g/mol. The molecule has 0 unspecified atom stereocenters. The summed E-state index contributed by atoms with van der Waals surface area (Å²) in [5.41, 5.74) is 3.83. The summed E-state index contributed by atoms with van der Waals surface area (Å²) in [5, 5.41) is 0. The number of benzene rings is 2. The minimum atomic E-state index is 0.897. The highest BCUT2D eigenvalue weighted by atomic mass is 16.5. The summed E-state index contributed by atoms with van der Waals surface area (Å²) in [6.45, 7) is 2.18. The number of ether oxygens (including phenoxy) is 1. The Morgan fingerprint density at radius 3 is 2.22 bits per heavy atom. The molecule has 0 saturated heterocycles. The van der Waals surface area contributed by atoms with Crippen molar-refractivity contribution in [1.82, 2.24) is 0 Å². The van der Waals surface area contributed by atoms with Crippen LogP contribution in [0.5, 0.6) is 5.75 Å². The van der Waals surface area contributed by atoms with Crippen molar-refractivity contribution < 1.29 is 4.74 Å². The predicted molar refractivity (Wildman–Crippen MR) is 77.6 cm³/mol. The Labute approximate surface area is 109 Å². The van der Waals surface area contributed by atoms with Gasteiger partial charge in [0.05, 0.1) is 7.11 Å². The molecule has 0 aromatic heterocycles. The largest absolute Gasteiger partial charge is 0.497 e. The fraction of sp³-hybridized carbons (Fsp3) is 0.176. The Kier molecular flexibility index (Phi) is 4.19. The first-order chi connectivity index (χ1) is 8.83. The summed E-state index contributed by atoms with van der Waals surface area (Å²) in [5.74, 6) is 0.897. The van der Waals surface area contributed by atoms with Gasteiger partial charge in [-0.25, -0.2) is 0 Å². The number of rotatable bonds is 4. The maximum atomic E-state index is 5.18. The summed E-state index contributed by atoms with van der Waals surface area (Å²) in [6.07, 6.45) is 3.25. The summed E-state index contributed by atoms with van der Waals surface area (Å²) >= 11 is 0. The molecule has 0 heterocycles. The molecule has 0 aliphatic carbocycles. The first-order valence-electron chi connectivity index (χ1n) is 6.23. The lowest BCUT2D eigenvalue weighted by Crippen LogP contribution is -1.86. The molecule has 0 amide bonds. The van der Waals surface area contributed by atoms with Crippen LogP contribution in [-0.4, -0.2) is 7.11 Å². The van der Waals surface area contributed by atoms with Crippen molar-refractivity contribution in [3.63, 3.8) is 0 Å². The van der Waals surface area contributed by atoms with E-state index in [-0.39, 0.29) is 0 Å². The van der Waals surface area contributed by atoms with Crippen molar-refractivity contribution in [3.8, 4) is 5.75 Å². The van der Waals surface area contributed by atoms with Gasteiger partial charge in [-0.05, 0) is 35.3 Å². The minimum absolute atomic E-state index is 0.897. The van der Waals surface area contributed by atoms with Crippen molar-refractivity contribution >= 4 is 11.6 Å². The fourth-order valence-electron chi connectivity index (χ4n) is 1.95. The van der Waals surface area contributed by atoms with Crippen LogP contribution in [0.4, 0.5) is 0 Å². The number of hydrogen-bond donors (Lipinski definition) is 0. The molecule has 0 bridgehead atoms. The Morgan fingerprint density at radius 1 is 1.00 bits per heavy atom. The molecule has 0 spiro atoms. The predicted octanol–water partition coefficient (Wildman–Crippen LogP) is 4.65. The van der Waals surface area contributed by atoms with E-state index in [1.54, 1.807) is 7.11 Å². The third-order valence-electron chi connectivity index (χ3n) is 2.98. The molecular formula is C17H18O. The quantitative estimate of drug-likeness (QED) is 0.705.